The molecule has 2 aromatic rings. The van der Waals surface area contributed by atoms with Crippen molar-refractivity contribution in [2.45, 2.75) is 13.1 Å². The summed E-state index contributed by atoms with van der Waals surface area (Å²) >= 11 is 17.8. The largest absolute Gasteiger partial charge is 0.482 e. The molecular formula is C18H20Cl3N2O2+. The molecule has 0 bridgehead atoms. The number of halogens is 3. The molecule has 0 spiro atoms. The number of carbonyl (C=O) groups excluding carboxylic acids is 1. The van der Waals surface area contributed by atoms with Crippen LogP contribution in [0.15, 0.2) is 36.4 Å². The molecule has 7 heteroatoms. The molecule has 0 aliphatic heterocycles. The Morgan fingerprint density at radius 2 is 1.60 bits per heavy atom. The monoisotopic (exact) mass is 401 g/mol. The zero-order valence-corrected chi connectivity index (χ0v) is 16.3. The van der Waals surface area contributed by atoms with Crippen molar-refractivity contribution in [3.8, 4) is 5.75 Å². The number of hydrogen-bond acceptors (Lipinski definition) is 2. The SMILES string of the molecule is C[NH+](C)Cc1ccc(CNC(=O)COc2cc(Cl)c(Cl)cc2Cl)cc1. The van der Waals surface area contributed by atoms with E-state index in [2.05, 4.69) is 31.5 Å². The van der Waals surface area contributed by atoms with Gasteiger partial charge in [0.05, 0.1) is 29.2 Å². The summed E-state index contributed by atoms with van der Waals surface area (Å²) in [5.74, 6) is 0.0747. The third kappa shape index (κ3) is 6.40. The summed E-state index contributed by atoms with van der Waals surface area (Å²) in [6, 6.07) is 11.1. The second-order valence-corrected chi connectivity index (χ2v) is 7.18. The molecule has 0 aliphatic carbocycles. The van der Waals surface area contributed by atoms with Crippen LogP contribution in [0.1, 0.15) is 11.1 Å². The highest BCUT2D eigenvalue weighted by Crippen LogP contribution is 2.33. The first kappa shape index (κ1) is 19.9. The maximum atomic E-state index is 11.9. The summed E-state index contributed by atoms with van der Waals surface area (Å²) in [7, 11) is 4.21. The average Bonchev–Trinajstić information content (AvgIpc) is 2.56. The third-order valence-corrected chi connectivity index (χ3v) is 4.42. The van der Waals surface area contributed by atoms with Gasteiger partial charge in [-0.2, -0.15) is 0 Å². The molecule has 134 valence electrons. The summed E-state index contributed by atoms with van der Waals surface area (Å²) in [6.45, 7) is 1.25. The zero-order chi connectivity index (χ0) is 18.4. The lowest BCUT2D eigenvalue weighted by atomic mass is 10.1. The van der Waals surface area contributed by atoms with Crippen molar-refractivity contribution < 1.29 is 14.4 Å². The molecule has 1 amide bonds. The van der Waals surface area contributed by atoms with Crippen molar-refractivity contribution in [1.29, 1.82) is 0 Å². The minimum Gasteiger partial charge on any atom is -0.482 e. The van der Waals surface area contributed by atoms with Crippen LogP contribution in [0.25, 0.3) is 0 Å². The van der Waals surface area contributed by atoms with Crippen LogP contribution >= 0.6 is 34.8 Å². The second kappa shape index (κ2) is 9.30. The van der Waals surface area contributed by atoms with Crippen LogP contribution in [-0.2, 0) is 17.9 Å². The summed E-state index contributed by atoms with van der Waals surface area (Å²) in [4.78, 5) is 13.3. The predicted molar refractivity (Wildman–Crippen MR) is 102 cm³/mol. The molecule has 2 rings (SSSR count). The van der Waals surface area contributed by atoms with E-state index in [9.17, 15) is 4.79 Å². The van der Waals surface area contributed by atoms with Crippen molar-refractivity contribution in [1.82, 2.24) is 5.32 Å². The Morgan fingerprint density at radius 1 is 1.00 bits per heavy atom. The highest BCUT2D eigenvalue weighted by molar-refractivity contribution is 6.43. The molecule has 0 unspecified atom stereocenters. The molecule has 0 aromatic heterocycles. The molecule has 2 aromatic carbocycles. The number of quaternary nitrogens is 1. The predicted octanol–water partition coefficient (Wildman–Crippen LogP) is 2.99. The van der Waals surface area contributed by atoms with Gasteiger partial charge in [0.15, 0.2) is 6.61 Å². The van der Waals surface area contributed by atoms with E-state index in [0.717, 1.165) is 12.1 Å². The maximum absolute atomic E-state index is 11.9. The van der Waals surface area contributed by atoms with Crippen molar-refractivity contribution in [3.63, 3.8) is 0 Å². The fourth-order valence-corrected chi connectivity index (χ4v) is 2.78. The Morgan fingerprint density at radius 3 is 2.24 bits per heavy atom. The van der Waals surface area contributed by atoms with Crippen molar-refractivity contribution >= 4 is 40.7 Å². The Bertz CT molecular complexity index is 734. The zero-order valence-electron chi connectivity index (χ0n) is 14.0. The van der Waals surface area contributed by atoms with Gasteiger partial charge in [-0.3, -0.25) is 4.79 Å². The van der Waals surface area contributed by atoms with Gasteiger partial charge in [-0.25, -0.2) is 0 Å². The average molecular weight is 403 g/mol. The molecule has 0 aliphatic rings. The molecule has 0 atom stereocenters. The van der Waals surface area contributed by atoms with Gasteiger partial charge in [-0.15, -0.1) is 0 Å². The first-order valence-electron chi connectivity index (χ1n) is 7.76. The third-order valence-electron chi connectivity index (χ3n) is 3.40. The number of ether oxygens (including phenoxy) is 1. The molecular weight excluding hydrogens is 383 g/mol. The minimum absolute atomic E-state index is 0.153. The molecule has 2 N–H and O–H groups in total. The fraction of sp³-hybridized carbons (Fsp3) is 0.278. The number of hydrogen-bond donors (Lipinski definition) is 2. The van der Waals surface area contributed by atoms with Crippen LogP contribution in [0.2, 0.25) is 15.1 Å². The van der Waals surface area contributed by atoms with Gasteiger partial charge < -0.3 is 15.0 Å². The molecule has 4 nitrogen and oxygen atoms in total. The van der Waals surface area contributed by atoms with Crippen molar-refractivity contribution in [2.24, 2.45) is 0 Å². The van der Waals surface area contributed by atoms with Gasteiger partial charge >= 0.3 is 0 Å². The number of benzene rings is 2. The summed E-state index contributed by atoms with van der Waals surface area (Å²) in [5.41, 5.74) is 2.28. The van der Waals surface area contributed by atoms with Crippen LogP contribution in [-0.4, -0.2) is 26.6 Å². The minimum atomic E-state index is -0.246. The first-order valence-corrected chi connectivity index (χ1v) is 8.89. The van der Waals surface area contributed by atoms with Crippen LogP contribution < -0.4 is 15.0 Å². The van der Waals surface area contributed by atoms with Gasteiger partial charge in [-0.05, 0) is 11.6 Å². The summed E-state index contributed by atoms with van der Waals surface area (Å²) in [6.07, 6.45) is 0. The van der Waals surface area contributed by atoms with Gasteiger partial charge in [0.2, 0.25) is 0 Å². The smallest absolute Gasteiger partial charge is 0.258 e. The van der Waals surface area contributed by atoms with E-state index in [4.69, 9.17) is 39.5 Å². The standard InChI is InChI=1S/C18H19Cl3N2O2/c1-23(2)10-13-5-3-12(4-6-13)9-22-18(24)11-25-17-8-15(20)14(19)7-16(17)21/h3-8H,9-11H2,1-2H3,(H,22,24)/p+1. The van der Waals surface area contributed by atoms with Gasteiger partial charge in [0.25, 0.3) is 5.91 Å². The van der Waals surface area contributed by atoms with Crippen LogP contribution in [0, 0.1) is 0 Å². The quantitative estimate of drug-likeness (QED) is 0.699. The summed E-state index contributed by atoms with van der Waals surface area (Å²) < 4.78 is 5.40. The van der Waals surface area contributed by atoms with Crippen LogP contribution in [0.3, 0.4) is 0 Å². The second-order valence-electron chi connectivity index (χ2n) is 5.96. The van der Waals surface area contributed by atoms with E-state index in [0.29, 0.717) is 27.4 Å². The first-order chi connectivity index (χ1) is 11.8. The Balaban J connectivity index is 1.82. The number of amides is 1. The number of nitrogens with one attached hydrogen (secondary N) is 2. The van der Waals surface area contributed by atoms with Gasteiger partial charge in [0.1, 0.15) is 12.3 Å². The molecule has 25 heavy (non-hydrogen) atoms. The van der Waals surface area contributed by atoms with Crippen LogP contribution in [0.4, 0.5) is 0 Å². The van der Waals surface area contributed by atoms with E-state index in [1.54, 1.807) is 0 Å². The van der Waals surface area contributed by atoms with E-state index in [1.165, 1.54) is 22.6 Å². The maximum Gasteiger partial charge on any atom is 0.258 e. The normalized spacial score (nSPS) is 10.8. The van der Waals surface area contributed by atoms with E-state index in [1.807, 2.05) is 12.1 Å². The Labute approximate surface area is 162 Å². The molecule has 0 saturated heterocycles. The van der Waals surface area contributed by atoms with E-state index >= 15 is 0 Å². The lowest BCUT2D eigenvalue weighted by Crippen LogP contribution is -3.04. The molecule has 0 heterocycles. The molecule has 0 radical (unpaired) electrons. The summed E-state index contributed by atoms with van der Waals surface area (Å²) in [5, 5.41) is 3.77. The Kier molecular flexibility index (Phi) is 7.38. The van der Waals surface area contributed by atoms with Gasteiger partial charge in [-0.1, -0.05) is 59.1 Å². The highest BCUT2D eigenvalue weighted by atomic mass is 35.5. The van der Waals surface area contributed by atoms with Crippen molar-refractivity contribution in [2.75, 3.05) is 20.7 Å². The van der Waals surface area contributed by atoms with Crippen molar-refractivity contribution in [3.05, 3.63) is 62.6 Å². The fourth-order valence-electron chi connectivity index (χ4n) is 2.19. The number of rotatable bonds is 7. The number of carbonyl (C=O) groups is 1. The lowest BCUT2D eigenvalue weighted by molar-refractivity contribution is -0.872. The van der Waals surface area contributed by atoms with E-state index < -0.39 is 0 Å². The highest BCUT2D eigenvalue weighted by Gasteiger charge is 2.09. The van der Waals surface area contributed by atoms with E-state index in [-0.39, 0.29) is 12.5 Å². The molecule has 0 fully saturated rings. The lowest BCUT2D eigenvalue weighted by Gasteiger charge is -2.10. The Hall–Kier alpha value is -1.46. The topological polar surface area (TPSA) is 42.8 Å². The van der Waals surface area contributed by atoms with Gasteiger partial charge in [0, 0.05) is 18.2 Å². The molecule has 0 saturated carbocycles. The van der Waals surface area contributed by atoms with Crippen LogP contribution in [0.5, 0.6) is 5.75 Å².